The van der Waals surface area contributed by atoms with Crippen molar-refractivity contribution in [2.45, 2.75) is 6.54 Å². The molecule has 0 aliphatic carbocycles. The van der Waals surface area contributed by atoms with Crippen molar-refractivity contribution < 1.29 is 14.0 Å². The first-order chi connectivity index (χ1) is 13.7. The van der Waals surface area contributed by atoms with Gasteiger partial charge in [-0.15, -0.1) is 0 Å². The lowest BCUT2D eigenvalue weighted by molar-refractivity contribution is 0.311. The molecule has 3 heterocycles. The zero-order chi connectivity index (χ0) is 19.3. The van der Waals surface area contributed by atoms with Crippen LogP contribution in [-0.4, -0.2) is 43.2 Å². The summed E-state index contributed by atoms with van der Waals surface area (Å²) in [4.78, 5) is 8.63. The highest BCUT2D eigenvalue weighted by Gasteiger charge is 2.16. The van der Waals surface area contributed by atoms with Gasteiger partial charge in [-0.3, -0.25) is 4.68 Å². The van der Waals surface area contributed by atoms with Gasteiger partial charge in [-0.25, -0.2) is 14.4 Å². The molecule has 28 heavy (non-hydrogen) atoms. The second-order valence-electron chi connectivity index (χ2n) is 5.99. The fourth-order valence-corrected chi connectivity index (χ4v) is 2.74. The average molecular weight is 380 g/mol. The molecule has 0 aliphatic rings. The third-order valence-corrected chi connectivity index (χ3v) is 4.08. The van der Waals surface area contributed by atoms with E-state index in [-0.39, 0.29) is 19.0 Å². The smallest absolute Gasteiger partial charge is 0.180 e. The quantitative estimate of drug-likeness (QED) is 0.508. The van der Waals surface area contributed by atoms with Crippen molar-refractivity contribution in [3.63, 3.8) is 0 Å². The van der Waals surface area contributed by atoms with Crippen LogP contribution in [0.25, 0.3) is 22.9 Å². The molecule has 0 bridgehead atoms. The Hall–Kier alpha value is -3.59. The molecule has 1 aromatic carbocycles. The number of halogens is 1. The van der Waals surface area contributed by atoms with Gasteiger partial charge in [0.1, 0.15) is 23.5 Å². The Morgan fingerprint density at radius 3 is 2.64 bits per heavy atom. The number of aliphatic hydroxyl groups is 1. The van der Waals surface area contributed by atoms with Gasteiger partial charge in [-0.1, -0.05) is 23.4 Å². The predicted octanol–water partition coefficient (Wildman–Crippen LogP) is 2.59. The molecule has 0 unspecified atom stereocenters. The van der Waals surface area contributed by atoms with Crippen LogP contribution in [0.3, 0.4) is 0 Å². The van der Waals surface area contributed by atoms with Gasteiger partial charge in [0.25, 0.3) is 0 Å². The van der Waals surface area contributed by atoms with Gasteiger partial charge in [-0.2, -0.15) is 5.10 Å². The largest absolute Gasteiger partial charge is 0.395 e. The molecule has 0 saturated heterocycles. The van der Waals surface area contributed by atoms with Gasteiger partial charge in [0, 0.05) is 18.2 Å². The minimum Gasteiger partial charge on any atom is -0.395 e. The van der Waals surface area contributed by atoms with E-state index in [0.29, 0.717) is 40.7 Å². The van der Waals surface area contributed by atoms with E-state index >= 15 is 0 Å². The summed E-state index contributed by atoms with van der Waals surface area (Å²) >= 11 is 0. The lowest BCUT2D eigenvalue weighted by Crippen LogP contribution is -2.07. The zero-order valence-electron chi connectivity index (χ0n) is 14.8. The molecule has 0 saturated carbocycles. The van der Waals surface area contributed by atoms with Crippen LogP contribution in [0.1, 0.15) is 5.56 Å². The molecule has 9 heteroatoms. The fourth-order valence-electron chi connectivity index (χ4n) is 2.74. The van der Waals surface area contributed by atoms with E-state index < -0.39 is 0 Å². The summed E-state index contributed by atoms with van der Waals surface area (Å²) < 4.78 is 20.7. The first-order valence-corrected chi connectivity index (χ1v) is 8.64. The second-order valence-corrected chi connectivity index (χ2v) is 5.99. The number of hydrogen-bond donors (Lipinski definition) is 2. The number of aromatic nitrogens is 5. The van der Waals surface area contributed by atoms with Gasteiger partial charge < -0.3 is 14.9 Å². The van der Waals surface area contributed by atoms with Crippen molar-refractivity contribution >= 4 is 5.69 Å². The van der Waals surface area contributed by atoms with Gasteiger partial charge in [-0.05, 0) is 12.1 Å². The Morgan fingerprint density at radius 1 is 1.11 bits per heavy atom. The Bertz CT molecular complexity index is 1050. The highest BCUT2D eigenvalue weighted by Crippen LogP contribution is 2.25. The number of nitrogens with zero attached hydrogens (tertiary/aromatic N) is 5. The monoisotopic (exact) mass is 380 g/mol. The molecule has 2 N–H and O–H groups in total. The van der Waals surface area contributed by atoms with Crippen LogP contribution in [0, 0.1) is 5.82 Å². The summed E-state index contributed by atoms with van der Waals surface area (Å²) in [5, 5.41) is 20.4. The molecular weight excluding hydrogens is 363 g/mol. The number of benzene rings is 1. The lowest BCUT2D eigenvalue weighted by Gasteiger charge is -2.06. The topological polar surface area (TPSA) is 102 Å². The molecule has 0 atom stereocenters. The SMILES string of the molecule is OCCNc1cnc(-c2cc(-c3ccon3)n(Cc3ccccc3F)n2)nc1. The maximum absolute atomic E-state index is 14.1. The molecule has 4 aromatic rings. The van der Waals surface area contributed by atoms with Crippen molar-refractivity contribution in [3.05, 3.63) is 66.4 Å². The van der Waals surface area contributed by atoms with E-state index in [1.165, 1.54) is 12.3 Å². The van der Waals surface area contributed by atoms with Crippen LogP contribution < -0.4 is 5.32 Å². The molecule has 0 amide bonds. The molecule has 3 aromatic heterocycles. The minimum absolute atomic E-state index is 0.0171. The van der Waals surface area contributed by atoms with E-state index in [0.717, 1.165) is 0 Å². The molecule has 142 valence electrons. The summed E-state index contributed by atoms with van der Waals surface area (Å²) in [6.07, 6.45) is 4.70. The summed E-state index contributed by atoms with van der Waals surface area (Å²) in [7, 11) is 0. The van der Waals surface area contributed by atoms with Crippen LogP contribution in [0.15, 0.2) is 59.6 Å². The van der Waals surface area contributed by atoms with Crippen molar-refractivity contribution in [2.75, 3.05) is 18.5 Å². The van der Waals surface area contributed by atoms with Gasteiger partial charge >= 0.3 is 0 Å². The molecule has 0 spiro atoms. The second kappa shape index (κ2) is 7.97. The summed E-state index contributed by atoms with van der Waals surface area (Å²) in [5.41, 5.74) is 2.98. The van der Waals surface area contributed by atoms with Crippen molar-refractivity contribution in [2.24, 2.45) is 0 Å². The minimum atomic E-state index is -0.304. The number of rotatable bonds is 7. The van der Waals surface area contributed by atoms with Gasteiger partial charge in [0.15, 0.2) is 5.82 Å². The normalized spacial score (nSPS) is 10.9. The van der Waals surface area contributed by atoms with Crippen molar-refractivity contribution in [1.29, 1.82) is 0 Å². The van der Waals surface area contributed by atoms with Crippen LogP contribution in [0.5, 0.6) is 0 Å². The first kappa shape index (κ1) is 17.8. The van der Waals surface area contributed by atoms with E-state index in [4.69, 9.17) is 9.63 Å². The molecule has 0 aliphatic heterocycles. The van der Waals surface area contributed by atoms with E-state index in [1.54, 1.807) is 47.4 Å². The van der Waals surface area contributed by atoms with E-state index in [2.05, 4.69) is 25.5 Å². The standard InChI is InChI=1S/C19H17FN6O2/c20-15-4-2-1-3-13(15)12-26-18(16-5-8-28-25-16)9-17(24-26)19-22-10-14(11-23-19)21-6-7-27/h1-5,8-11,21,27H,6-7,12H2. The van der Waals surface area contributed by atoms with Gasteiger partial charge in [0.2, 0.25) is 0 Å². The molecule has 4 rings (SSSR count). The summed E-state index contributed by atoms with van der Waals surface area (Å²) in [6.45, 7) is 0.657. The Kier molecular flexibility index (Phi) is 5.07. The van der Waals surface area contributed by atoms with Crippen LogP contribution in [0.2, 0.25) is 0 Å². The Balaban J connectivity index is 1.68. The Labute approximate surface area is 159 Å². The number of anilines is 1. The molecule has 0 fully saturated rings. The lowest BCUT2D eigenvalue weighted by atomic mass is 10.2. The predicted molar refractivity (Wildman–Crippen MR) is 99.8 cm³/mol. The zero-order valence-corrected chi connectivity index (χ0v) is 14.8. The molecule has 0 radical (unpaired) electrons. The average Bonchev–Trinajstić information content (AvgIpc) is 3.38. The van der Waals surface area contributed by atoms with Crippen LogP contribution >= 0.6 is 0 Å². The molecule has 8 nitrogen and oxygen atoms in total. The number of aliphatic hydroxyl groups excluding tert-OH is 1. The summed E-state index contributed by atoms with van der Waals surface area (Å²) in [6, 6.07) is 10.0. The third kappa shape index (κ3) is 3.74. The highest BCUT2D eigenvalue weighted by atomic mass is 19.1. The highest BCUT2D eigenvalue weighted by molar-refractivity contribution is 5.62. The fraction of sp³-hybridized carbons (Fsp3) is 0.158. The Morgan fingerprint density at radius 2 is 1.93 bits per heavy atom. The molecular formula is C19H17FN6O2. The number of nitrogens with one attached hydrogen (secondary N) is 1. The number of hydrogen-bond acceptors (Lipinski definition) is 7. The van der Waals surface area contributed by atoms with Crippen molar-refractivity contribution in [3.8, 4) is 22.9 Å². The van der Waals surface area contributed by atoms with Gasteiger partial charge in [0.05, 0.1) is 36.9 Å². The maximum atomic E-state index is 14.1. The van der Waals surface area contributed by atoms with E-state index in [9.17, 15) is 4.39 Å². The maximum Gasteiger partial charge on any atom is 0.180 e. The van der Waals surface area contributed by atoms with E-state index in [1.807, 2.05) is 0 Å². The van der Waals surface area contributed by atoms with Crippen LogP contribution in [0.4, 0.5) is 10.1 Å². The van der Waals surface area contributed by atoms with Crippen LogP contribution in [-0.2, 0) is 6.54 Å². The third-order valence-electron chi connectivity index (χ3n) is 4.08. The first-order valence-electron chi connectivity index (χ1n) is 8.64. The van der Waals surface area contributed by atoms with Crippen molar-refractivity contribution in [1.82, 2.24) is 24.9 Å². The summed E-state index contributed by atoms with van der Waals surface area (Å²) in [5.74, 6) is 0.118.